The lowest BCUT2D eigenvalue weighted by Crippen LogP contribution is -2.47. The van der Waals surface area contributed by atoms with E-state index in [1.54, 1.807) is 30.5 Å². The summed E-state index contributed by atoms with van der Waals surface area (Å²) in [6, 6.07) is 19.3. The van der Waals surface area contributed by atoms with Gasteiger partial charge in [-0.1, -0.05) is 43.2 Å². The van der Waals surface area contributed by atoms with E-state index in [1.807, 2.05) is 16.9 Å². The zero-order chi connectivity index (χ0) is 47.1. The van der Waals surface area contributed by atoms with Gasteiger partial charge in [0.1, 0.15) is 17.0 Å². The molecule has 9 rings (SSSR count). The molecule has 1 amide bonds. The van der Waals surface area contributed by atoms with Crippen molar-refractivity contribution in [3.8, 4) is 5.88 Å². The van der Waals surface area contributed by atoms with Crippen molar-refractivity contribution in [2.24, 2.45) is 5.41 Å². The van der Waals surface area contributed by atoms with E-state index in [9.17, 15) is 23.3 Å². The van der Waals surface area contributed by atoms with Crippen LogP contribution in [0, 0.1) is 15.5 Å². The van der Waals surface area contributed by atoms with Crippen LogP contribution in [0.4, 0.5) is 37.2 Å². The molecule has 4 aliphatic rings. The Kier molecular flexibility index (Phi) is 12.9. The number of benzene rings is 3. The van der Waals surface area contributed by atoms with Crippen LogP contribution in [-0.4, -0.2) is 118 Å². The van der Waals surface area contributed by atoms with Crippen molar-refractivity contribution >= 4 is 72.6 Å². The zero-order valence-corrected chi connectivity index (χ0v) is 38.6. The molecule has 20 heteroatoms. The summed E-state index contributed by atoms with van der Waals surface area (Å²) in [6.45, 7) is 7.29. The molecule has 67 heavy (non-hydrogen) atoms. The number of H-pyrrole nitrogens is 1. The molecule has 354 valence electrons. The Labute approximate surface area is 391 Å². The zero-order valence-electron chi connectivity index (χ0n) is 37.0. The van der Waals surface area contributed by atoms with E-state index in [2.05, 4.69) is 51.1 Å². The molecule has 0 bridgehead atoms. The fourth-order valence-electron chi connectivity index (χ4n) is 9.13. The van der Waals surface area contributed by atoms with Crippen molar-refractivity contribution < 1.29 is 41.1 Å². The highest BCUT2D eigenvalue weighted by Crippen LogP contribution is 2.45. The minimum absolute atomic E-state index is 0.0160. The van der Waals surface area contributed by atoms with Gasteiger partial charge in [0.25, 0.3) is 27.5 Å². The third-order valence-electron chi connectivity index (χ3n) is 12.7. The van der Waals surface area contributed by atoms with Gasteiger partial charge in [-0.15, -0.1) is 0 Å². The van der Waals surface area contributed by atoms with E-state index < -0.39 is 50.5 Å². The van der Waals surface area contributed by atoms with Gasteiger partial charge in [0.05, 0.1) is 53.5 Å². The molecule has 5 aromatic rings. The van der Waals surface area contributed by atoms with Crippen LogP contribution in [0.5, 0.6) is 5.88 Å². The highest BCUT2D eigenvalue weighted by atomic mass is 35.5. The van der Waals surface area contributed by atoms with Gasteiger partial charge < -0.3 is 34.3 Å². The van der Waals surface area contributed by atoms with Gasteiger partial charge in [-0.2, -0.15) is 4.98 Å². The second-order valence-corrected chi connectivity index (χ2v) is 20.3. The minimum atomic E-state index is -4.76. The van der Waals surface area contributed by atoms with Gasteiger partial charge in [-0.05, 0) is 90.4 Å². The summed E-state index contributed by atoms with van der Waals surface area (Å²) in [7, 11) is -4.76. The Morgan fingerprint density at radius 3 is 2.55 bits per heavy atom. The quantitative estimate of drug-likeness (QED) is 0.0808. The Morgan fingerprint density at radius 2 is 1.81 bits per heavy atom. The van der Waals surface area contributed by atoms with Gasteiger partial charge in [0.2, 0.25) is 5.88 Å². The second kappa shape index (κ2) is 18.7. The average Bonchev–Trinajstić information content (AvgIpc) is 3.72. The maximum Gasteiger partial charge on any atom is 0.298 e. The second-order valence-electron chi connectivity index (χ2n) is 18.2. The molecule has 1 aliphatic carbocycles. The molecule has 3 aliphatic heterocycles. The predicted octanol–water partition coefficient (Wildman–Crippen LogP) is 8.02. The number of sulfonamides is 1. The van der Waals surface area contributed by atoms with Crippen LogP contribution in [0.2, 0.25) is 5.02 Å². The summed E-state index contributed by atoms with van der Waals surface area (Å²) in [6.07, 6.45) is 4.29. The first-order chi connectivity index (χ1) is 32.0. The minimum Gasteiger partial charge on any atom is -0.470 e. The van der Waals surface area contributed by atoms with Crippen LogP contribution >= 0.6 is 11.6 Å². The Hall–Kier alpha value is -5.86. The first-order valence-corrected chi connectivity index (χ1v) is 24.0. The number of hydrogen-bond acceptors (Lipinski definition) is 13. The highest BCUT2D eigenvalue weighted by Gasteiger charge is 2.40. The Balaban J connectivity index is 1.01. The SMILES string of the molecule is CC1(C)CCC(CN2CCN(c3ccc(C(=O)NS(=O)(=O)c4ccc(NC[C@H]5COCCO5)c([N+](=O)[O-])c4)c(N4CC(F)(F)COc5nc6[nH]ccc6cc54)c3)CC2)=C(c2ccc(Cl)cc2)C1. The van der Waals surface area contributed by atoms with Gasteiger partial charge in [0.15, 0.2) is 6.61 Å². The van der Waals surface area contributed by atoms with Crippen LogP contribution in [0.1, 0.15) is 49.0 Å². The van der Waals surface area contributed by atoms with Crippen molar-refractivity contribution in [3.63, 3.8) is 0 Å². The first kappa shape index (κ1) is 46.3. The summed E-state index contributed by atoms with van der Waals surface area (Å²) in [5, 5.41) is 16.4. The molecule has 2 fully saturated rings. The lowest BCUT2D eigenvalue weighted by atomic mass is 9.72. The van der Waals surface area contributed by atoms with Crippen LogP contribution in [-0.2, 0) is 19.5 Å². The summed E-state index contributed by atoms with van der Waals surface area (Å²) in [5.74, 6) is -4.68. The number of amides is 1. The summed E-state index contributed by atoms with van der Waals surface area (Å²) in [4.78, 5) is 38.4. The molecule has 0 radical (unpaired) electrons. The number of alkyl halides is 2. The molecular formula is C47H51ClF2N8O8S. The third-order valence-corrected chi connectivity index (χ3v) is 14.3. The number of aromatic nitrogens is 2. The first-order valence-electron chi connectivity index (χ1n) is 22.1. The number of nitro groups is 1. The standard InChI is InChI=1S/C47H51ClF2N8O8S/c1-46(2)13-11-32(38(24-46)30-3-5-33(48)6-4-30)26-55-15-17-56(18-16-55)34-7-9-37(40(22-34)57-28-47(49,50)29-66-45-42(57)21-31-12-14-51-43(31)53-45)44(59)54-67(62,63)36-8-10-39(41(23-36)58(60)61)52-25-35-27-64-19-20-65-35/h3-10,12,14,21-23,35,52H,11,13,15-20,24-29H2,1-2H3,(H,51,53)(H,54,59)/t35-/m0/s1. The highest BCUT2D eigenvalue weighted by molar-refractivity contribution is 7.90. The molecule has 5 heterocycles. The van der Waals surface area contributed by atoms with Crippen molar-refractivity contribution in [2.45, 2.75) is 50.0 Å². The maximum atomic E-state index is 15.8. The molecule has 3 aromatic carbocycles. The van der Waals surface area contributed by atoms with Crippen LogP contribution in [0.15, 0.2) is 89.5 Å². The number of nitrogens with zero attached hydrogens (tertiary/aromatic N) is 5. The number of carbonyl (C=O) groups excluding carboxylic acids is 1. The average molecular weight is 961 g/mol. The number of hydrogen-bond donors (Lipinski definition) is 3. The smallest absolute Gasteiger partial charge is 0.298 e. The molecule has 0 unspecified atom stereocenters. The van der Waals surface area contributed by atoms with E-state index in [1.165, 1.54) is 33.7 Å². The number of nitrogens with one attached hydrogen (secondary N) is 3. The van der Waals surface area contributed by atoms with E-state index in [0.29, 0.717) is 61.1 Å². The van der Waals surface area contributed by atoms with E-state index in [4.69, 9.17) is 25.8 Å². The summed E-state index contributed by atoms with van der Waals surface area (Å²) in [5.41, 5.74) is 4.50. The molecule has 3 N–H and O–H groups in total. The van der Waals surface area contributed by atoms with Crippen molar-refractivity contribution in [3.05, 3.63) is 111 Å². The normalized spacial score (nSPS) is 19.9. The molecular weight excluding hydrogens is 910 g/mol. The maximum absolute atomic E-state index is 15.8. The van der Waals surface area contributed by atoms with Gasteiger partial charge >= 0.3 is 0 Å². The molecule has 16 nitrogen and oxygen atoms in total. The molecule has 0 spiro atoms. The van der Waals surface area contributed by atoms with Crippen molar-refractivity contribution in [2.75, 3.05) is 87.4 Å². The molecule has 0 saturated carbocycles. The van der Waals surface area contributed by atoms with Gasteiger partial charge in [-0.25, -0.2) is 21.9 Å². The fraction of sp³-hybridized carbons (Fsp3) is 0.404. The number of ether oxygens (including phenoxy) is 3. The van der Waals surface area contributed by atoms with Crippen LogP contribution in [0.25, 0.3) is 16.6 Å². The third kappa shape index (κ3) is 10.4. The number of halogens is 3. The number of aromatic amines is 1. The number of allylic oxidation sites excluding steroid dienone is 1. The van der Waals surface area contributed by atoms with Crippen LogP contribution < -0.4 is 24.6 Å². The monoisotopic (exact) mass is 960 g/mol. The summed E-state index contributed by atoms with van der Waals surface area (Å²) >= 11 is 6.25. The van der Waals surface area contributed by atoms with Gasteiger partial charge in [-0.3, -0.25) is 19.8 Å². The lowest BCUT2D eigenvalue weighted by molar-refractivity contribution is -0.384. The van der Waals surface area contributed by atoms with Gasteiger partial charge in [0, 0.05) is 67.6 Å². The largest absolute Gasteiger partial charge is 0.470 e. The predicted molar refractivity (Wildman–Crippen MR) is 251 cm³/mol. The number of fused-ring (bicyclic) bond motifs is 2. The Bertz CT molecular complexity index is 2830. The number of nitro benzene ring substituents is 1. The lowest BCUT2D eigenvalue weighted by Gasteiger charge is -2.39. The molecule has 2 aromatic heterocycles. The molecule has 2 saturated heterocycles. The Morgan fingerprint density at radius 1 is 1.01 bits per heavy atom. The number of piperazine rings is 1. The number of rotatable bonds is 12. The van der Waals surface area contributed by atoms with Crippen LogP contribution in [0.3, 0.4) is 0 Å². The van der Waals surface area contributed by atoms with Crippen molar-refractivity contribution in [1.82, 2.24) is 19.6 Å². The number of carbonyl (C=O) groups is 1. The number of pyridine rings is 1. The summed E-state index contributed by atoms with van der Waals surface area (Å²) < 4.78 is 77.9. The van der Waals surface area contributed by atoms with E-state index in [0.717, 1.165) is 37.9 Å². The topological polar surface area (TPSA) is 185 Å². The van der Waals surface area contributed by atoms with Crippen molar-refractivity contribution in [1.29, 1.82) is 0 Å². The van der Waals surface area contributed by atoms with E-state index in [-0.39, 0.29) is 53.2 Å². The fourth-order valence-corrected chi connectivity index (χ4v) is 10.2. The number of anilines is 4. The van der Waals surface area contributed by atoms with E-state index >= 15 is 8.78 Å². The molecule has 1 atom stereocenters.